The van der Waals surface area contributed by atoms with Crippen LogP contribution in [0.25, 0.3) is 38.8 Å². The van der Waals surface area contributed by atoms with E-state index in [0.717, 1.165) is 30.8 Å². The van der Waals surface area contributed by atoms with Crippen LogP contribution in [0.3, 0.4) is 0 Å². The number of rotatable bonds is 5. The van der Waals surface area contributed by atoms with E-state index < -0.39 is 0 Å². The van der Waals surface area contributed by atoms with Gasteiger partial charge in [-0.25, -0.2) is 10.4 Å². The number of carbonyl (C=O) groups excluding carboxylic acids is 1. The lowest BCUT2D eigenvalue weighted by Gasteiger charge is -2.15. The number of carbonyl (C=O) groups is 1. The Labute approximate surface area is 246 Å². The molecule has 6 aromatic rings. The number of benzene rings is 5. The van der Waals surface area contributed by atoms with Gasteiger partial charge in [0.05, 0.1) is 22.8 Å². The van der Waals surface area contributed by atoms with Crippen LogP contribution in [0.5, 0.6) is 0 Å². The third kappa shape index (κ3) is 5.11. The highest BCUT2D eigenvalue weighted by Crippen LogP contribution is 2.29. The van der Waals surface area contributed by atoms with Crippen LogP contribution in [0.2, 0.25) is 0 Å². The van der Waals surface area contributed by atoms with Gasteiger partial charge in [-0.05, 0) is 74.7 Å². The molecule has 0 saturated heterocycles. The van der Waals surface area contributed by atoms with Crippen LogP contribution in [0.4, 0.5) is 0 Å². The average Bonchev–Trinajstić information content (AvgIpc) is 2.98. The second kappa shape index (κ2) is 11.0. The van der Waals surface area contributed by atoms with Crippen molar-refractivity contribution in [2.75, 3.05) is 0 Å². The molecule has 0 aliphatic heterocycles. The second-order valence-electron chi connectivity index (χ2n) is 9.08. The molecular weight excluding hydrogens is 632 g/mol. The number of nitrogens with one attached hydrogen (secondary N) is 1. The van der Waals surface area contributed by atoms with Crippen LogP contribution < -0.4 is 11.0 Å². The van der Waals surface area contributed by atoms with Crippen molar-refractivity contribution in [1.82, 2.24) is 15.0 Å². The quantitative estimate of drug-likeness (QED) is 0.155. The minimum atomic E-state index is -0.358. The van der Waals surface area contributed by atoms with Gasteiger partial charge in [-0.2, -0.15) is 5.10 Å². The molecule has 0 aliphatic carbocycles. The van der Waals surface area contributed by atoms with Gasteiger partial charge in [0, 0.05) is 20.1 Å². The Morgan fingerprint density at radius 3 is 2.33 bits per heavy atom. The monoisotopic (exact) mass is 650 g/mol. The predicted octanol–water partition coefficient (Wildman–Crippen LogP) is 7.49. The zero-order valence-electron chi connectivity index (χ0n) is 20.9. The fourth-order valence-corrected chi connectivity index (χ4v) is 5.83. The average molecular weight is 652 g/mol. The van der Waals surface area contributed by atoms with Crippen LogP contribution >= 0.6 is 31.9 Å². The van der Waals surface area contributed by atoms with E-state index >= 15 is 0 Å². The summed E-state index contributed by atoms with van der Waals surface area (Å²) in [5.41, 5.74) is 5.60. The summed E-state index contributed by atoms with van der Waals surface area (Å²) in [7, 11) is 0. The highest BCUT2D eigenvalue weighted by atomic mass is 79.9. The maximum absolute atomic E-state index is 13.8. The first kappa shape index (κ1) is 25.9. The van der Waals surface area contributed by atoms with E-state index in [9.17, 15) is 9.59 Å². The van der Waals surface area contributed by atoms with Gasteiger partial charge in [0.2, 0.25) is 0 Å². The molecule has 5 aromatic carbocycles. The molecule has 0 fully saturated rings. The van der Waals surface area contributed by atoms with E-state index in [0.29, 0.717) is 28.0 Å². The topological polar surface area (TPSA) is 76.3 Å². The fraction of sp³-hybridized carbons (Fsp3) is 0. The van der Waals surface area contributed by atoms with E-state index in [1.807, 2.05) is 78.9 Å². The van der Waals surface area contributed by atoms with Gasteiger partial charge in [0.15, 0.2) is 0 Å². The third-order valence-electron chi connectivity index (χ3n) is 6.46. The molecule has 1 aromatic heterocycles. The van der Waals surface area contributed by atoms with Crippen molar-refractivity contribution < 1.29 is 4.79 Å². The number of amides is 1. The largest absolute Gasteiger partial charge is 0.271 e. The highest BCUT2D eigenvalue weighted by Gasteiger charge is 2.17. The van der Waals surface area contributed by atoms with Gasteiger partial charge in [-0.3, -0.25) is 14.2 Å². The standard InChI is InChI=1S/C32H20Br2N4O2/c33-25-17-27-29(28(34)18-25)36-30(22-7-2-1-3-8-22)38(32(27)40)26-14-12-23(13-15-26)31(39)37-35-19-20-10-11-21-6-4-5-9-24(21)16-20/h1-19H,(H,37,39)/b35-19+. The number of halogens is 2. The normalized spacial score (nSPS) is 11.3. The molecule has 1 heterocycles. The molecule has 0 unspecified atom stereocenters. The molecule has 0 spiro atoms. The van der Waals surface area contributed by atoms with Gasteiger partial charge in [0.1, 0.15) is 5.82 Å². The maximum atomic E-state index is 13.8. The zero-order valence-corrected chi connectivity index (χ0v) is 24.1. The molecule has 0 radical (unpaired) electrons. The molecule has 40 heavy (non-hydrogen) atoms. The number of nitrogens with zero attached hydrogens (tertiary/aromatic N) is 3. The molecule has 194 valence electrons. The van der Waals surface area contributed by atoms with E-state index in [1.165, 1.54) is 0 Å². The molecule has 6 nitrogen and oxygen atoms in total. The van der Waals surface area contributed by atoms with Crippen molar-refractivity contribution in [2.45, 2.75) is 0 Å². The molecule has 1 amide bonds. The smallest absolute Gasteiger partial charge is 0.268 e. The first-order chi connectivity index (χ1) is 19.5. The van der Waals surface area contributed by atoms with Gasteiger partial charge in [0.25, 0.3) is 11.5 Å². The first-order valence-electron chi connectivity index (χ1n) is 12.4. The Balaban J connectivity index is 1.31. The lowest BCUT2D eigenvalue weighted by Crippen LogP contribution is -2.22. The Morgan fingerprint density at radius 2 is 1.55 bits per heavy atom. The summed E-state index contributed by atoms with van der Waals surface area (Å²) < 4.78 is 3.05. The molecule has 0 aliphatic rings. The molecule has 0 saturated carbocycles. The summed E-state index contributed by atoms with van der Waals surface area (Å²) in [6, 6.07) is 34.0. The molecule has 8 heteroatoms. The Morgan fingerprint density at radius 1 is 0.825 bits per heavy atom. The van der Waals surface area contributed by atoms with Crippen molar-refractivity contribution in [3.8, 4) is 17.1 Å². The third-order valence-corrected chi connectivity index (χ3v) is 7.53. The summed E-state index contributed by atoms with van der Waals surface area (Å²) in [4.78, 5) is 31.4. The fourth-order valence-electron chi connectivity index (χ4n) is 4.52. The van der Waals surface area contributed by atoms with Crippen LogP contribution in [-0.4, -0.2) is 21.7 Å². The van der Waals surface area contributed by atoms with Crippen molar-refractivity contribution in [3.05, 3.63) is 140 Å². The highest BCUT2D eigenvalue weighted by molar-refractivity contribution is 9.11. The lowest BCUT2D eigenvalue weighted by atomic mass is 10.1. The van der Waals surface area contributed by atoms with E-state index in [4.69, 9.17) is 4.98 Å². The lowest BCUT2D eigenvalue weighted by molar-refractivity contribution is 0.0955. The zero-order chi connectivity index (χ0) is 27.6. The number of fused-ring (bicyclic) bond motifs is 2. The van der Waals surface area contributed by atoms with E-state index in [-0.39, 0.29) is 11.5 Å². The van der Waals surface area contributed by atoms with Crippen molar-refractivity contribution in [1.29, 1.82) is 0 Å². The van der Waals surface area contributed by atoms with Crippen LogP contribution in [0.1, 0.15) is 15.9 Å². The van der Waals surface area contributed by atoms with Crippen LogP contribution in [0.15, 0.2) is 128 Å². The van der Waals surface area contributed by atoms with Gasteiger partial charge < -0.3 is 0 Å². The van der Waals surface area contributed by atoms with E-state index in [1.54, 1.807) is 41.1 Å². The van der Waals surface area contributed by atoms with Crippen molar-refractivity contribution in [2.24, 2.45) is 5.10 Å². The number of hydrazone groups is 1. The number of hydrogen-bond donors (Lipinski definition) is 1. The van der Waals surface area contributed by atoms with Gasteiger partial charge in [-0.15, -0.1) is 0 Å². The summed E-state index contributed by atoms with van der Waals surface area (Å²) in [6.45, 7) is 0. The first-order valence-corrected chi connectivity index (χ1v) is 14.0. The molecule has 0 atom stereocenters. The maximum Gasteiger partial charge on any atom is 0.271 e. The van der Waals surface area contributed by atoms with Crippen LogP contribution in [-0.2, 0) is 0 Å². The minimum Gasteiger partial charge on any atom is -0.268 e. The Hall–Kier alpha value is -4.40. The predicted molar refractivity (Wildman–Crippen MR) is 167 cm³/mol. The van der Waals surface area contributed by atoms with Crippen LogP contribution in [0, 0.1) is 0 Å². The second-order valence-corrected chi connectivity index (χ2v) is 10.8. The minimum absolute atomic E-state index is 0.219. The summed E-state index contributed by atoms with van der Waals surface area (Å²) >= 11 is 7.02. The Kier molecular flexibility index (Phi) is 7.11. The summed E-state index contributed by atoms with van der Waals surface area (Å²) in [5.74, 6) is 0.141. The van der Waals surface area contributed by atoms with Crippen molar-refractivity contribution in [3.63, 3.8) is 0 Å². The molecule has 6 rings (SSSR count). The molecule has 0 bridgehead atoms. The summed E-state index contributed by atoms with van der Waals surface area (Å²) in [5, 5.41) is 6.83. The van der Waals surface area contributed by atoms with E-state index in [2.05, 4.69) is 42.4 Å². The SMILES string of the molecule is O=C(N/N=C/c1ccc2ccccc2c1)c1ccc(-n2c(-c3ccccc3)nc3c(Br)cc(Br)cc3c2=O)cc1. The number of hydrogen-bond acceptors (Lipinski definition) is 4. The van der Waals surface area contributed by atoms with Crippen molar-refractivity contribution >= 4 is 65.7 Å². The molecule has 1 N–H and O–H groups in total. The molecular formula is C32H20Br2N4O2. The number of aromatic nitrogens is 2. The van der Waals surface area contributed by atoms with Gasteiger partial charge in [-0.1, -0.05) is 82.7 Å². The summed E-state index contributed by atoms with van der Waals surface area (Å²) in [6.07, 6.45) is 1.61. The van der Waals surface area contributed by atoms with Gasteiger partial charge >= 0.3 is 0 Å². The Bertz CT molecular complexity index is 1990.